The number of hydrogen-bond acceptors (Lipinski definition) is 5. The first kappa shape index (κ1) is 20.2. The summed E-state index contributed by atoms with van der Waals surface area (Å²) in [5.41, 5.74) is 1.25. The fraction of sp³-hybridized carbons (Fsp3) is 0.182. The zero-order valence-corrected chi connectivity index (χ0v) is 16.0. The number of ether oxygens (including phenoxy) is 2. The van der Waals surface area contributed by atoms with Crippen LogP contribution in [0.4, 0.5) is 5.69 Å². The van der Waals surface area contributed by atoms with Crippen molar-refractivity contribution in [3.8, 4) is 5.75 Å². The second-order valence-corrected chi connectivity index (χ2v) is 6.13. The van der Waals surface area contributed by atoms with E-state index in [0.717, 1.165) is 0 Å². The maximum atomic E-state index is 12.6. The van der Waals surface area contributed by atoms with E-state index < -0.39 is 0 Å². The van der Waals surface area contributed by atoms with Crippen molar-refractivity contribution in [1.29, 1.82) is 0 Å². The highest BCUT2D eigenvalue weighted by Crippen LogP contribution is 2.18. The van der Waals surface area contributed by atoms with Crippen LogP contribution in [0.25, 0.3) is 0 Å². The molecule has 2 aromatic carbocycles. The van der Waals surface area contributed by atoms with E-state index in [1.54, 1.807) is 74.0 Å². The molecule has 0 bridgehead atoms. The van der Waals surface area contributed by atoms with Crippen LogP contribution >= 0.6 is 0 Å². The van der Waals surface area contributed by atoms with E-state index in [1.165, 1.54) is 0 Å². The molecule has 1 heterocycles. The van der Waals surface area contributed by atoms with Crippen molar-refractivity contribution in [2.24, 2.45) is 0 Å². The van der Waals surface area contributed by atoms with Gasteiger partial charge >= 0.3 is 0 Å². The van der Waals surface area contributed by atoms with E-state index in [9.17, 15) is 9.59 Å². The Hall–Kier alpha value is -3.58. The predicted molar refractivity (Wildman–Crippen MR) is 108 cm³/mol. The van der Waals surface area contributed by atoms with E-state index in [2.05, 4.69) is 10.6 Å². The standard InChI is InChI=1S/C22H22N2O5/c1-27-13-14-29-17-10-8-16(9-11-17)21(25)24-20-7-3-2-6-19(20)22(26)23-15-18-5-4-12-28-18/h2-12H,13-15H2,1H3,(H,23,26)(H,24,25). The van der Waals surface area contributed by atoms with Gasteiger partial charge in [0.25, 0.3) is 11.8 Å². The zero-order valence-electron chi connectivity index (χ0n) is 16.0. The molecular formula is C22H22N2O5. The number of carbonyl (C=O) groups excluding carboxylic acids is 2. The molecule has 0 spiro atoms. The minimum Gasteiger partial charge on any atom is -0.491 e. The SMILES string of the molecule is COCCOc1ccc(C(=O)Nc2ccccc2C(=O)NCc2ccco2)cc1. The monoisotopic (exact) mass is 394 g/mol. The minimum atomic E-state index is -0.320. The highest BCUT2D eigenvalue weighted by atomic mass is 16.5. The van der Waals surface area contributed by atoms with Crippen molar-refractivity contribution in [2.75, 3.05) is 25.6 Å². The summed E-state index contributed by atoms with van der Waals surface area (Å²) in [4.78, 5) is 25.1. The van der Waals surface area contributed by atoms with Gasteiger partial charge < -0.3 is 24.5 Å². The number of benzene rings is 2. The van der Waals surface area contributed by atoms with Crippen LogP contribution in [0.5, 0.6) is 5.75 Å². The normalized spacial score (nSPS) is 10.4. The van der Waals surface area contributed by atoms with Crippen LogP contribution < -0.4 is 15.4 Å². The lowest BCUT2D eigenvalue weighted by Crippen LogP contribution is -2.24. The molecule has 0 saturated carbocycles. The first-order valence-corrected chi connectivity index (χ1v) is 9.10. The number of amides is 2. The maximum absolute atomic E-state index is 12.6. The Bertz CT molecular complexity index is 936. The first-order valence-electron chi connectivity index (χ1n) is 9.10. The molecule has 0 radical (unpaired) electrons. The number of methoxy groups -OCH3 is 1. The molecule has 0 aliphatic carbocycles. The number of hydrogen-bond donors (Lipinski definition) is 2. The third-order valence-corrected chi connectivity index (χ3v) is 4.10. The number of para-hydroxylation sites is 1. The average molecular weight is 394 g/mol. The van der Waals surface area contributed by atoms with Crippen molar-refractivity contribution < 1.29 is 23.5 Å². The Kier molecular flexibility index (Phi) is 7.02. The zero-order chi connectivity index (χ0) is 20.5. The van der Waals surface area contributed by atoms with Gasteiger partial charge in [-0.2, -0.15) is 0 Å². The van der Waals surface area contributed by atoms with Crippen LogP contribution in [-0.2, 0) is 11.3 Å². The number of rotatable bonds is 9. The van der Waals surface area contributed by atoms with Crippen molar-refractivity contribution in [3.63, 3.8) is 0 Å². The molecule has 0 atom stereocenters. The molecule has 0 saturated heterocycles. The van der Waals surface area contributed by atoms with Crippen LogP contribution in [0.2, 0.25) is 0 Å². The van der Waals surface area contributed by atoms with Gasteiger partial charge in [-0.3, -0.25) is 9.59 Å². The van der Waals surface area contributed by atoms with E-state index in [1.807, 2.05) is 0 Å². The number of furan rings is 1. The third-order valence-electron chi connectivity index (χ3n) is 4.10. The molecule has 3 rings (SSSR count). The highest BCUT2D eigenvalue weighted by Gasteiger charge is 2.14. The van der Waals surface area contributed by atoms with E-state index in [0.29, 0.717) is 41.5 Å². The van der Waals surface area contributed by atoms with Gasteiger partial charge in [-0.05, 0) is 48.5 Å². The van der Waals surface area contributed by atoms with Crippen molar-refractivity contribution in [3.05, 3.63) is 83.8 Å². The molecule has 3 aromatic rings. The molecule has 1 aromatic heterocycles. The number of carbonyl (C=O) groups is 2. The predicted octanol–water partition coefficient (Wildman–Crippen LogP) is 3.49. The minimum absolute atomic E-state index is 0.263. The molecule has 0 unspecified atom stereocenters. The number of anilines is 1. The first-order chi connectivity index (χ1) is 14.2. The van der Waals surface area contributed by atoms with E-state index in [4.69, 9.17) is 13.9 Å². The van der Waals surface area contributed by atoms with Crippen LogP contribution in [0.3, 0.4) is 0 Å². The molecule has 2 amide bonds. The van der Waals surface area contributed by atoms with Gasteiger partial charge in [0.2, 0.25) is 0 Å². The van der Waals surface area contributed by atoms with E-state index >= 15 is 0 Å². The Morgan fingerprint density at radius 2 is 1.72 bits per heavy atom. The van der Waals surface area contributed by atoms with Crippen LogP contribution in [0.15, 0.2) is 71.3 Å². The fourth-order valence-corrected chi connectivity index (χ4v) is 2.61. The molecular weight excluding hydrogens is 372 g/mol. The van der Waals surface area contributed by atoms with E-state index in [-0.39, 0.29) is 18.4 Å². The van der Waals surface area contributed by atoms with Crippen LogP contribution in [0, 0.1) is 0 Å². The summed E-state index contributed by atoms with van der Waals surface area (Å²) in [6, 6.07) is 17.1. The largest absolute Gasteiger partial charge is 0.491 e. The molecule has 0 aliphatic heterocycles. The van der Waals surface area contributed by atoms with Gasteiger partial charge in [-0.25, -0.2) is 0 Å². The Morgan fingerprint density at radius 3 is 2.45 bits per heavy atom. The highest BCUT2D eigenvalue weighted by molar-refractivity contribution is 6.09. The summed E-state index contributed by atoms with van der Waals surface area (Å²) < 4.78 is 15.6. The summed E-state index contributed by atoms with van der Waals surface area (Å²) in [6.45, 7) is 1.18. The van der Waals surface area contributed by atoms with Crippen molar-refractivity contribution >= 4 is 17.5 Å². The Morgan fingerprint density at radius 1 is 0.931 bits per heavy atom. The smallest absolute Gasteiger partial charge is 0.255 e. The molecule has 7 nitrogen and oxygen atoms in total. The summed E-state index contributed by atoms with van der Waals surface area (Å²) in [7, 11) is 1.60. The molecule has 0 aliphatic rings. The quantitative estimate of drug-likeness (QED) is 0.542. The topological polar surface area (TPSA) is 89.8 Å². The van der Waals surface area contributed by atoms with Gasteiger partial charge in [0.05, 0.1) is 30.7 Å². The Balaban J connectivity index is 1.63. The van der Waals surface area contributed by atoms with Crippen molar-refractivity contribution in [1.82, 2.24) is 5.32 Å². The average Bonchev–Trinajstić information content (AvgIpc) is 3.27. The van der Waals surface area contributed by atoms with Gasteiger partial charge in [0, 0.05) is 12.7 Å². The molecule has 0 fully saturated rings. The fourth-order valence-electron chi connectivity index (χ4n) is 2.61. The lowest BCUT2D eigenvalue weighted by molar-refractivity contribution is 0.0949. The second kappa shape index (κ2) is 10.1. The third kappa shape index (κ3) is 5.70. The lowest BCUT2D eigenvalue weighted by Gasteiger charge is -2.11. The Labute approximate surface area is 168 Å². The second-order valence-electron chi connectivity index (χ2n) is 6.13. The van der Waals surface area contributed by atoms with Crippen LogP contribution in [0.1, 0.15) is 26.5 Å². The van der Waals surface area contributed by atoms with Gasteiger partial charge in [-0.1, -0.05) is 12.1 Å². The molecule has 7 heteroatoms. The maximum Gasteiger partial charge on any atom is 0.255 e. The molecule has 2 N–H and O–H groups in total. The molecule has 29 heavy (non-hydrogen) atoms. The van der Waals surface area contributed by atoms with Gasteiger partial charge in [-0.15, -0.1) is 0 Å². The molecule has 150 valence electrons. The summed E-state index contributed by atoms with van der Waals surface area (Å²) in [5, 5.41) is 5.56. The summed E-state index contributed by atoms with van der Waals surface area (Å²) in [5.74, 6) is 0.669. The lowest BCUT2D eigenvalue weighted by atomic mass is 10.1. The number of nitrogens with one attached hydrogen (secondary N) is 2. The van der Waals surface area contributed by atoms with Gasteiger partial charge in [0.15, 0.2) is 0 Å². The summed E-state index contributed by atoms with van der Waals surface area (Å²) in [6.07, 6.45) is 1.55. The van der Waals surface area contributed by atoms with Crippen LogP contribution in [-0.4, -0.2) is 32.1 Å². The van der Waals surface area contributed by atoms with Crippen molar-refractivity contribution in [2.45, 2.75) is 6.54 Å². The van der Waals surface area contributed by atoms with Gasteiger partial charge in [0.1, 0.15) is 18.1 Å². The summed E-state index contributed by atoms with van der Waals surface area (Å²) >= 11 is 0.